The van der Waals surface area contributed by atoms with Gasteiger partial charge in [-0.25, -0.2) is 9.59 Å². The minimum Gasteiger partial charge on any atom is -0.508 e. The second-order valence-corrected chi connectivity index (χ2v) is 9.53. The molecule has 0 aliphatic heterocycles. The second-order valence-electron chi connectivity index (χ2n) is 9.53. The molecule has 0 bridgehead atoms. The lowest BCUT2D eigenvalue weighted by Crippen LogP contribution is -2.47. The highest BCUT2D eigenvalue weighted by atomic mass is 16.5. The van der Waals surface area contributed by atoms with Gasteiger partial charge in [-0.3, -0.25) is 4.79 Å². The fourth-order valence-corrected chi connectivity index (χ4v) is 5.04. The fourth-order valence-electron chi connectivity index (χ4n) is 5.04. The summed E-state index contributed by atoms with van der Waals surface area (Å²) >= 11 is 0. The van der Waals surface area contributed by atoms with Crippen molar-refractivity contribution >= 4 is 33.7 Å². The molecule has 1 aliphatic carbocycles. The van der Waals surface area contributed by atoms with Crippen molar-refractivity contribution in [2.75, 3.05) is 0 Å². The summed E-state index contributed by atoms with van der Waals surface area (Å²) in [5, 5.41) is 23.7. The normalized spacial score (nSPS) is 14.8. The molecule has 1 aliphatic rings. The van der Waals surface area contributed by atoms with Crippen molar-refractivity contribution in [1.82, 2.24) is 10.3 Å². The number of aromatic nitrogens is 1. The summed E-state index contributed by atoms with van der Waals surface area (Å²) in [6.07, 6.45) is 4.20. The van der Waals surface area contributed by atoms with Crippen molar-refractivity contribution in [1.29, 1.82) is 0 Å². The number of benzene rings is 2. The zero-order chi connectivity index (χ0) is 26.3. The molecule has 0 fully saturated rings. The van der Waals surface area contributed by atoms with Crippen molar-refractivity contribution in [3.05, 3.63) is 69.2 Å². The molecule has 0 spiro atoms. The average Bonchev–Trinajstić information content (AvgIpc) is 3.27. The molecule has 1 amide bonds. The lowest BCUT2D eigenvalue weighted by atomic mass is 9.90. The maximum atomic E-state index is 12.9. The number of aromatic hydroxyl groups is 1. The number of phenols is 1. The van der Waals surface area contributed by atoms with Crippen molar-refractivity contribution in [2.24, 2.45) is 0 Å². The molecular formula is C28H28N2O7. The number of carbonyl (C=O) groups excluding carboxylic acids is 1. The quantitative estimate of drug-likeness (QED) is 0.281. The van der Waals surface area contributed by atoms with Crippen LogP contribution in [0.1, 0.15) is 42.0 Å². The Morgan fingerprint density at radius 1 is 1.14 bits per heavy atom. The number of carboxylic acid groups (broad SMARTS) is 1. The Morgan fingerprint density at radius 3 is 2.65 bits per heavy atom. The number of carbonyl (C=O) groups is 2. The number of amides is 1. The summed E-state index contributed by atoms with van der Waals surface area (Å²) in [5.41, 5.74) is 3.88. The van der Waals surface area contributed by atoms with Crippen LogP contribution >= 0.6 is 0 Å². The molecule has 0 saturated carbocycles. The van der Waals surface area contributed by atoms with Crippen LogP contribution in [0.25, 0.3) is 21.9 Å². The number of ether oxygens (including phenoxy) is 1. The Morgan fingerprint density at radius 2 is 1.89 bits per heavy atom. The SMILES string of the molecule is Cc1c(O[C@@H](C)C(=O)N[C@@H](Cc2c[nH]c3ccc(O)cc23)C(=O)O)ccc2c3c(c(=O)oc12)CCCC3. The first-order valence-electron chi connectivity index (χ1n) is 12.3. The largest absolute Gasteiger partial charge is 0.508 e. The third kappa shape index (κ3) is 4.64. The number of hydrogen-bond acceptors (Lipinski definition) is 6. The van der Waals surface area contributed by atoms with Gasteiger partial charge in [0.1, 0.15) is 23.1 Å². The van der Waals surface area contributed by atoms with Gasteiger partial charge in [-0.2, -0.15) is 0 Å². The molecule has 2 aromatic heterocycles. The molecule has 0 unspecified atom stereocenters. The van der Waals surface area contributed by atoms with E-state index < -0.39 is 24.0 Å². The Labute approximate surface area is 212 Å². The van der Waals surface area contributed by atoms with E-state index in [0.717, 1.165) is 41.3 Å². The number of aromatic amines is 1. The van der Waals surface area contributed by atoms with Crippen molar-refractivity contribution in [2.45, 2.75) is 58.1 Å². The fraction of sp³-hybridized carbons (Fsp3) is 0.321. The first kappa shape index (κ1) is 24.4. The second kappa shape index (κ2) is 9.65. The molecule has 5 rings (SSSR count). The summed E-state index contributed by atoms with van der Waals surface area (Å²) in [5.74, 6) is -1.34. The molecule has 9 heteroatoms. The van der Waals surface area contributed by atoms with Crippen molar-refractivity contribution in [3.8, 4) is 11.5 Å². The van der Waals surface area contributed by atoms with Crippen LogP contribution in [0.2, 0.25) is 0 Å². The first-order valence-corrected chi connectivity index (χ1v) is 12.3. The third-order valence-corrected chi connectivity index (χ3v) is 7.05. The number of aliphatic carboxylic acids is 1. The van der Waals surface area contributed by atoms with E-state index in [0.29, 0.717) is 34.3 Å². The van der Waals surface area contributed by atoms with Gasteiger partial charge in [0.25, 0.3) is 5.91 Å². The highest BCUT2D eigenvalue weighted by Crippen LogP contribution is 2.33. The molecule has 37 heavy (non-hydrogen) atoms. The van der Waals surface area contributed by atoms with E-state index >= 15 is 0 Å². The highest BCUT2D eigenvalue weighted by molar-refractivity contribution is 5.89. The standard InChI is InChI=1S/C28H28N2O7/c1-14-24(10-8-19-18-5-3-4-6-20(18)28(35)37-25(14)19)36-15(2)26(32)30-23(27(33)34)11-16-13-29-22-9-7-17(31)12-21(16)22/h7-10,12-13,15,23,29,31H,3-6,11H2,1-2H3,(H,30,32)(H,33,34)/t15-,23-/m0/s1. The monoisotopic (exact) mass is 504 g/mol. The summed E-state index contributed by atoms with van der Waals surface area (Å²) in [6, 6.07) is 7.17. The summed E-state index contributed by atoms with van der Waals surface area (Å²) in [7, 11) is 0. The van der Waals surface area contributed by atoms with Gasteiger partial charge < -0.3 is 29.7 Å². The van der Waals surface area contributed by atoms with Crippen LogP contribution in [0, 0.1) is 6.92 Å². The van der Waals surface area contributed by atoms with Gasteiger partial charge in [0, 0.05) is 40.0 Å². The third-order valence-electron chi connectivity index (χ3n) is 7.05. The van der Waals surface area contributed by atoms with E-state index in [-0.39, 0.29) is 17.8 Å². The smallest absolute Gasteiger partial charge is 0.339 e. The van der Waals surface area contributed by atoms with Crippen LogP contribution in [0.3, 0.4) is 0 Å². The van der Waals surface area contributed by atoms with E-state index in [9.17, 15) is 24.6 Å². The van der Waals surface area contributed by atoms with Crippen molar-refractivity contribution < 1.29 is 29.0 Å². The van der Waals surface area contributed by atoms with E-state index in [4.69, 9.17) is 9.15 Å². The van der Waals surface area contributed by atoms with E-state index in [1.807, 2.05) is 6.07 Å². The molecule has 2 heterocycles. The summed E-state index contributed by atoms with van der Waals surface area (Å²) in [4.78, 5) is 40.4. The van der Waals surface area contributed by atoms with Gasteiger partial charge in [0.05, 0.1) is 0 Å². The molecule has 4 N–H and O–H groups in total. The van der Waals surface area contributed by atoms with Gasteiger partial charge in [0.15, 0.2) is 6.10 Å². The summed E-state index contributed by atoms with van der Waals surface area (Å²) in [6.45, 7) is 3.30. The number of rotatable bonds is 7. The van der Waals surface area contributed by atoms with Crippen molar-refractivity contribution in [3.63, 3.8) is 0 Å². The van der Waals surface area contributed by atoms with Crippen LogP contribution in [0.15, 0.2) is 45.7 Å². The van der Waals surface area contributed by atoms with Crippen LogP contribution < -0.4 is 15.7 Å². The number of hydrogen-bond donors (Lipinski definition) is 4. The lowest BCUT2D eigenvalue weighted by molar-refractivity contribution is -0.142. The molecule has 192 valence electrons. The number of aryl methyl sites for hydroxylation is 2. The van der Waals surface area contributed by atoms with Gasteiger partial charge in [-0.05, 0) is 81.0 Å². The molecule has 0 saturated heterocycles. The van der Waals surface area contributed by atoms with Gasteiger partial charge >= 0.3 is 11.6 Å². The predicted molar refractivity (Wildman–Crippen MR) is 137 cm³/mol. The van der Waals surface area contributed by atoms with E-state index in [1.165, 1.54) is 13.0 Å². The number of carboxylic acids is 1. The molecule has 2 atom stereocenters. The van der Waals surface area contributed by atoms with Gasteiger partial charge in [-0.15, -0.1) is 0 Å². The molecule has 9 nitrogen and oxygen atoms in total. The Kier molecular flexibility index (Phi) is 6.37. The molecule has 0 radical (unpaired) electrons. The number of fused-ring (bicyclic) bond motifs is 4. The Hall–Kier alpha value is -4.27. The van der Waals surface area contributed by atoms with Gasteiger partial charge in [0.2, 0.25) is 0 Å². The minimum absolute atomic E-state index is 0.0164. The molecule has 2 aromatic carbocycles. The lowest BCUT2D eigenvalue weighted by Gasteiger charge is -2.21. The number of nitrogens with one attached hydrogen (secondary N) is 2. The Balaban J connectivity index is 1.34. The topological polar surface area (TPSA) is 142 Å². The minimum atomic E-state index is -1.21. The van der Waals surface area contributed by atoms with Crippen LogP contribution in [-0.2, 0) is 28.9 Å². The maximum Gasteiger partial charge on any atom is 0.339 e. The van der Waals surface area contributed by atoms with Crippen LogP contribution in [-0.4, -0.2) is 39.2 Å². The zero-order valence-electron chi connectivity index (χ0n) is 20.6. The van der Waals surface area contributed by atoms with Crippen LogP contribution in [0.5, 0.6) is 11.5 Å². The zero-order valence-corrected chi connectivity index (χ0v) is 20.6. The number of phenolic OH excluding ortho intramolecular Hbond substituents is 1. The highest BCUT2D eigenvalue weighted by Gasteiger charge is 2.26. The molecule has 4 aromatic rings. The molecular weight excluding hydrogens is 476 g/mol. The number of H-pyrrole nitrogens is 1. The average molecular weight is 505 g/mol. The maximum absolute atomic E-state index is 12.9. The first-order chi connectivity index (χ1) is 17.7. The predicted octanol–water partition coefficient (Wildman–Crippen LogP) is 3.75. The van der Waals surface area contributed by atoms with E-state index in [1.54, 1.807) is 31.3 Å². The Bertz CT molecular complexity index is 1580. The summed E-state index contributed by atoms with van der Waals surface area (Å²) < 4.78 is 11.5. The van der Waals surface area contributed by atoms with Gasteiger partial charge in [-0.1, -0.05) is 0 Å². The van der Waals surface area contributed by atoms with E-state index in [2.05, 4.69) is 10.3 Å². The van der Waals surface area contributed by atoms with Crippen LogP contribution in [0.4, 0.5) is 0 Å².